The molecule has 0 saturated carbocycles. The van der Waals surface area contributed by atoms with E-state index in [9.17, 15) is 0 Å². The largest absolute Gasteiger partial charge is 0.0619 e. The smallest absolute Gasteiger partial charge is 0.00107 e. The second kappa shape index (κ2) is 4.94. The molecular weight excluding hydrogens is 240 g/mol. The van der Waals surface area contributed by atoms with Crippen LogP contribution in [-0.4, -0.2) is 0 Å². The predicted octanol–water partition coefficient (Wildman–Crippen LogP) is 5.49. The van der Waals surface area contributed by atoms with Crippen LogP contribution in [0, 0.1) is 20.8 Å². The molecule has 2 aromatic rings. The minimum absolute atomic E-state index is 1.09. The molecule has 0 saturated heterocycles. The third-order valence-electron chi connectivity index (χ3n) is 4.81. The molecule has 0 heterocycles. The van der Waals surface area contributed by atoms with Crippen LogP contribution in [0.4, 0.5) is 0 Å². The summed E-state index contributed by atoms with van der Waals surface area (Å²) in [6.07, 6.45) is 2.20. The van der Waals surface area contributed by atoms with E-state index in [2.05, 4.69) is 64.1 Å². The minimum Gasteiger partial charge on any atom is -0.0619 e. The number of hydrogen-bond acceptors (Lipinski definition) is 0. The van der Waals surface area contributed by atoms with E-state index in [1.54, 1.807) is 0 Å². The molecule has 0 radical (unpaired) electrons. The standard InChI is InChI=1S/C20H22/c1-5-17-19-9-7-6-8-16(19)12-20(17)18-11-10-13(2)14(3)15(18)4/h6-11H,5,12H2,1-4H3. The lowest BCUT2D eigenvalue weighted by Gasteiger charge is -2.14. The zero-order valence-corrected chi connectivity index (χ0v) is 12.9. The van der Waals surface area contributed by atoms with Crippen LogP contribution >= 0.6 is 0 Å². The van der Waals surface area contributed by atoms with Gasteiger partial charge in [-0.2, -0.15) is 0 Å². The van der Waals surface area contributed by atoms with Crippen LogP contribution in [0.15, 0.2) is 36.4 Å². The normalized spacial score (nSPS) is 13.8. The van der Waals surface area contributed by atoms with Crippen molar-refractivity contribution in [1.29, 1.82) is 0 Å². The van der Waals surface area contributed by atoms with Gasteiger partial charge in [-0.25, -0.2) is 0 Å². The lowest BCUT2D eigenvalue weighted by Crippen LogP contribution is -1.95. The molecule has 0 nitrogen and oxygen atoms in total. The van der Waals surface area contributed by atoms with Crippen molar-refractivity contribution in [2.45, 2.75) is 40.5 Å². The fourth-order valence-electron chi connectivity index (χ4n) is 3.37. The Hall–Kier alpha value is -1.82. The minimum atomic E-state index is 1.09. The van der Waals surface area contributed by atoms with E-state index < -0.39 is 0 Å². The summed E-state index contributed by atoms with van der Waals surface area (Å²) in [6.45, 7) is 8.97. The average Bonchev–Trinajstić information content (AvgIpc) is 2.83. The Labute approximate surface area is 122 Å². The van der Waals surface area contributed by atoms with Gasteiger partial charge in [0.15, 0.2) is 0 Å². The van der Waals surface area contributed by atoms with Crippen molar-refractivity contribution >= 4 is 11.1 Å². The molecule has 0 unspecified atom stereocenters. The van der Waals surface area contributed by atoms with Gasteiger partial charge in [-0.15, -0.1) is 0 Å². The Morgan fingerprint density at radius 2 is 1.60 bits per heavy atom. The molecule has 0 bridgehead atoms. The molecule has 2 aromatic carbocycles. The summed E-state index contributed by atoms with van der Waals surface area (Å²) in [7, 11) is 0. The number of fused-ring (bicyclic) bond motifs is 1. The Balaban J connectivity index is 2.19. The van der Waals surface area contributed by atoms with Crippen LogP contribution in [0.25, 0.3) is 11.1 Å². The second-order valence-corrected chi connectivity index (χ2v) is 5.82. The van der Waals surface area contributed by atoms with Gasteiger partial charge in [0.2, 0.25) is 0 Å². The van der Waals surface area contributed by atoms with Crippen LogP contribution in [0.5, 0.6) is 0 Å². The van der Waals surface area contributed by atoms with Gasteiger partial charge < -0.3 is 0 Å². The summed E-state index contributed by atoms with van der Waals surface area (Å²) in [6, 6.07) is 13.4. The van der Waals surface area contributed by atoms with Crippen molar-refractivity contribution in [3.63, 3.8) is 0 Å². The Bertz CT molecular complexity index is 702. The molecule has 102 valence electrons. The van der Waals surface area contributed by atoms with Crippen molar-refractivity contribution in [1.82, 2.24) is 0 Å². The number of hydrogen-bond donors (Lipinski definition) is 0. The van der Waals surface area contributed by atoms with Crippen molar-refractivity contribution < 1.29 is 0 Å². The summed E-state index contributed by atoms with van der Waals surface area (Å²) in [5.74, 6) is 0. The fraction of sp³-hybridized carbons (Fsp3) is 0.300. The van der Waals surface area contributed by atoms with Crippen molar-refractivity contribution in [3.05, 3.63) is 69.8 Å². The number of rotatable bonds is 2. The van der Waals surface area contributed by atoms with E-state index in [0.717, 1.165) is 12.8 Å². The molecular formula is C20H22. The van der Waals surface area contributed by atoms with Crippen molar-refractivity contribution in [3.8, 4) is 0 Å². The molecule has 20 heavy (non-hydrogen) atoms. The van der Waals surface area contributed by atoms with Crippen molar-refractivity contribution in [2.75, 3.05) is 0 Å². The first-order chi connectivity index (χ1) is 9.63. The quantitative estimate of drug-likeness (QED) is 0.671. The predicted molar refractivity (Wildman–Crippen MR) is 87.9 cm³/mol. The first kappa shape index (κ1) is 13.2. The van der Waals surface area contributed by atoms with Crippen LogP contribution in [0.1, 0.15) is 46.7 Å². The SMILES string of the molecule is CCC1=C(c2ccc(C)c(C)c2C)Cc2ccccc21. The van der Waals surface area contributed by atoms with E-state index >= 15 is 0 Å². The number of benzene rings is 2. The second-order valence-electron chi connectivity index (χ2n) is 5.82. The Kier molecular flexibility index (Phi) is 3.25. The highest BCUT2D eigenvalue weighted by Gasteiger charge is 2.22. The summed E-state index contributed by atoms with van der Waals surface area (Å²) in [4.78, 5) is 0. The zero-order valence-electron chi connectivity index (χ0n) is 12.9. The maximum atomic E-state index is 2.31. The molecule has 0 aliphatic heterocycles. The molecule has 1 aliphatic carbocycles. The maximum Gasteiger partial charge on any atom is -0.00107 e. The third kappa shape index (κ3) is 1.91. The molecule has 0 spiro atoms. The van der Waals surface area contributed by atoms with Crippen LogP contribution in [0.2, 0.25) is 0 Å². The zero-order chi connectivity index (χ0) is 14.3. The fourth-order valence-corrected chi connectivity index (χ4v) is 3.37. The van der Waals surface area contributed by atoms with E-state index in [-0.39, 0.29) is 0 Å². The molecule has 0 atom stereocenters. The maximum absolute atomic E-state index is 2.31. The summed E-state index contributed by atoms with van der Waals surface area (Å²) < 4.78 is 0. The third-order valence-corrected chi connectivity index (χ3v) is 4.81. The van der Waals surface area contributed by atoms with Gasteiger partial charge in [0.05, 0.1) is 0 Å². The average molecular weight is 262 g/mol. The topological polar surface area (TPSA) is 0 Å². The monoisotopic (exact) mass is 262 g/mol. The highest BCUT2D eigenvalue weighted by Crippen LogP contribution is 2.41. The molecule has 3 rings (SSSR count). The van der Waals surface area contributed by atoms with E-state index in [0.29, 0.717) is 0 Å². The highest BCUT2D eigenvalue weighted by molar-refractivity contribution is 5.97. The molecule has 0 heteroatoms. The van der Waals surface area contributed by atoms with E-state index in [1.807, 2.05) is 0 Å². The van der Waals surface area contributed by atoms with Gasteiger partial charge in [0.1, 0.15) is 0 Å². The van der Waals surface area contributed by atoms with Gasteiger partial charge in [0, 0.05) is 0 Å². The van der Waals surface area contributed by atoms with Gasteiger partial charge in [-0.1, -0.05) is 43.3 Å². The molecule has 0 aromatic heterocycles. The first-order valence-corrected chi connectivity index (χ1v) is 7.51. The number of allylic oxidation sites excluding steroid dienone is 2. The van der Waals surface area contributed by atoms with Crippen molar-refractivity contribution in [2.24, 2.45) is 0 Å². The molecule has 0 fully saturated rings. The lowest BCUT2D eigenvalue weighted by molar-refractivity contribution is 1.22. The van der Waals surface area contributed by atoms with Crippen LogP contribution in [0.3, 0.4) is 0 Å². The summed E-state index contributed by atoms with van der Waals surface area (Å²) in [5, 5.41) is 0. The van der Waals surface area contributed by atoms with Gasteiger partial charge in [0.25, 0.3) is 0 Å². The molecule has 0 N–H and O–H groups in total. The van der Waals surface area contributed by atoms with E-state index in [1.165, 1.54) is 44.5 Å². The van der Waals surface area contributed by atoms with Gasteiger partial charge in [-0.05, 0) is 78.1 Å². The summed E-state index contributed by atoms with van der Waals surface area (Å²) in [5.41, 5.74) is 11.7. The van der Waals surface area contributed by atoms with Crippen LogP contribution < -0.4 is 0 Å². The summed E-state index contributed by atoms with van der Waals surface area (Å²) >= 11 is 0. The Morgan fingerprint density at radius 3 is 2.35 bits per heavy atom. The molecule has 1 aliphatic rings. The molecule has 0 amide bonds. The van der Waals surface area contributed by atoms with Gasteiger partial charge >= 0.3 is 0 Å². The highest BCUT2D eigenvalue weighted by atomic mass is 14.3. The number of aryl methyl sites for hydroxylation is 1. The van der Waals surface area contributed by atoms with Crippen LogP contribution in [-0.2, 0) is 6.42 Å². The van der Waals surface area contributed by atoms with E-state index in [4.69, 9.17) is 0 Å². The Morgan fingerprint density at radius 1 is 0.850 bits per heavy atom. The lowest BCUT2D eigenvalue weighted by atomic mass is 9.91. The van der Waals surface area contributed by atoms with Gasteiger partial charge in [-0.3, -0.25) is 0 Å². The first-order valence-electron chi connectivity index (χ1n) is 7.51.